The van der Waals surface area contributed by atoms with Crippen LogP contribution in [-0.4, -0.2) is 69.0 Å². The Kier molecular flexibility index (Phi) is 7.68. The molecule has 2 N–H and O–H groups in total. The Morgan fingerprint density at radius 1 is 1.21 bits per heavy atom. The van der Waals surface area contributed by atoms with Crippen molar-refractivity contribution < 1.29 is 9.84 Å². The number of aromatic hydroxyl groups is 1. The molecule has 1 aromatic carbocycles. The van der Waals surface area contributed by atoms with E-state index in [1.807, 2.05) is 32.2 Å². The smallest absolute Gasteiger partial charge is 0.193 e. The van der Waals surface area contributed by atoms with Gasteiger partial charge in [0.2, 0.25) is 0 Å². The summed E-state index contributed by atoms with van der Waals surface area (Å²) in [5.74, 6) is 1.31. The van der Waals surface area contributed by atoms with Gasteiger partial charge in [-0.1, -0.05) is 12.1 Å². The Labute approximate surface area is 145 Å². The largest absolute Gasteiger partial charge is 0.506 e. The second kappa shape index (κ2) is 10.0. The molecule has 2 rings (SSSR count). The first-order valence-corrected chi connectivity index (χ1v) is 8.82. The van der Waals surface area contributed by atoms with Gasteiger partial charge in [-0.2, -0.15) is 0 Å². The number of nitrogens with one attached hydrogen (secondary N) is 1. The number of ether oxygens (including phenoxy) is 1. The minimum atomic E-state index is 0.350. The molecule has 0 radical (unpaired) electrons. The van der Waals surface area contributed by atoms with Crippen molar-refractivity contribution in [3.63, 3.8) is 0 Å². The molecule has 6 nitrogen and oxygen atoms in total. The number of phenols is 1. The summed E-state index contributed by atoms with van der Waals surface area (Å²) in [4.78, 5) is 8.89. The van der Waals surface area contributed by atoms with Crippen LogP contribution in [0.4, 0.5) is 5.69 Å². The Morgan fingerprint density at radius 3 is 2.62 bits per heavy atom. The van der Waals surface area contributed by atoms with Crippen LogP contribution in [0.25, 0.3) is 0 Å². The van der Waals surface area contributed by atoms with E-state index in [4.69, 9.17) is 4.74 Å². The lowest BCUT2D eigenvalue weighted by Gasteiger charge is -2.37. The first-order valence-electron chi connectivity index (χ1n) is 8.82. The third kappa shape index (κ3) is 5.30. The van der Waals surface area contributed by atoms with Gasteiger partial charge in [0.05, 0.1) is 5.69 Å². The zero-order chi connectivity index (χ0) is 17.2. The fourth-order valence-electron chi connectivity index (χ4n) is 2.90. The van der Waals surface area contributed by atoms with E-state index >= 15 is 0 Å². The molecule has 1 aliphatic heterocycles. The Hall–Kier alpha value is -1.95. The number of phenolic OH excluding ortho intramolecular Hbond substituents is 1. The van der Waals surface area contributed by atoms with Crippen molar-refractivity contribution in [1.82, 2.24) is 10.2 Å². The minimum Gasteiger partial charge on any atom is -0.506 e. The lowest BCUT2D eigenvalue weighted by Crippen LogP contribution is -2.52. The van der Waals surface area contributed by atoms with Crippen LogP contribution in [0.5, 0.6) is 5.75 Å². The molecule has 0 saturated carbocycles. The van der Waals surface area contributed by atoms with Crippen molar-refractivity contribution in [3.8, 4) is 5.75 Å². The van der Waals surface area contributed by atoms with Gasteiger partial charge < -0.3 is 25.0 Å². The lowest BCUT2D eigenvalue weighted by molar-refractivity contribution is 0.143. The van der Waals surface area contributed by atoms with Gasteiger partial charge in [-0.3, -0.25) is 4.99 Å². The van der Waals surface area contributed by atoms with Crippen LogP contribution in [0.15, 0.2) is 29.3 Å². The monoisotopic (exact) mass is 334 g/mol. The van der Waals surface area contributed by atoms with E-state index in [9.17, 15) is 5.11 Å². The number of anilines is 1. The summed E-state index contributed by atoms with van der Waals surface area (Å²) in [6, 6.07) is 7.53. The Bertz CT molecular complexity index is 513. The Morgan fingerprint density at radius 2 is 1.96 bits per heavy atom. The number of aliphatic imine (C=N–C) groups is 1. The summed E-state index contributed by atoms with van der Waals surface area (Å²) in [6.45, 7) is 8.10. The van der Waals surface area contributed by atoms with E-state index in [0.717, 1.165) is 70.4 Å². The molecule has 1 heterocycles. The van der Waals surface area contributed by atoms with Crippen LogP contribution in [0, 0.1) is 0 Å². The average molecular weight is 334 g/mol. The molecule has 0 unspecified atom stereocenters. The number of piperazine rings is 1. The van der Waals surface area contributed by atoms with E-state index in [1.54, 1.807) is 6.07 Å². The molecule has 24 heavy (non-hydrogen) atoms. The SMILES string of the molecule is CCOCCCCNC(=NC)N1CCN(c2ccccc2O)CC1. The number of unbranched alkanes of at least 4 members (excludes halogenated alkanes) is 1. The highest BCUT2D eigenvalue weighted by molar-refractivity contribution is 5.80. The van der Waals surface area contributed by atoms with E-state index in [1.165, 1.54) is 0 Å². The summed E-state index contributed by atoms with van der Waals surface area (Å²) in [5.41, 5.74) is 0.913. The highest BCUT2D eigenvalue weighted by Gasteiger charge is 2.20. The molecule has 0 atom stereocenters. The Balaban J connectivity index is 1.75. The van der Waals surface area contributed by atoms with E-state index in [0.29, 0.717) is 5.75 Å². The molecule has 0 bridgehead atoms. The summed E-state index contributed by atoms with van der Waals surface area (Å²) in [7, 11) is 1.83. The van der Waals surface area contributed by atoms with Gasteiger partial charge >= 0.3 is 0 Å². The van der Waals surface area contributed by atoms with Gasteiger partial charge in [0, 0.05) is 53.0 Å². The molecule has 0 aromatic heterocycles. The van der Waals surface area contributed by atoms with Crippen molar-refractivity contribution in [1.29, 1.82) is 0 Å². The highest BCUT2D eigenvalue weighted by atomic mass is 16.5. The summed E-state index contributed by atoms with van der Waals surface area (Å²) >= 11 is 0. The zero-order valence-electron chi connectivity index (χ0n) is 14.9. The molecule has 1 fully saturated rings. The number of hydrogen-bond acceptors (Lipinski definition) is 4. The number of hydrogen-bond donors (Lipinski definition) is 2. The standard InChI is InChI=1S/C18H30N4O2/c1-3-24-15-7-6-10-20-18(19-2)22-13-11-21(12-14-22)16-8-4-5-9-17(16)23/h4-5,8-9,23H,3,6-7,10-15H2,1-2H3,(H,19,20). The minimum absolute atomic E-state index is 0.350. The maximum absolute atomic E-state index is 9.99. The number of guanidine groups is 1. The number of para-hydroxylation sites is 2. The normalized spacial score (nSPS) is 15.7. The van der Waals surface area contributed by atoms with Gasteiger partial charge in [-0.05, 0) is 31.9 Å². The fraction of sp³-hybridized carbons (Fsp3) is 0.611. The third-order valence-electron chi connectivity index (χ3n) is 4.22. The molecule has 1 aliphatic rings. The van der Waals surface area contributed by atoms with Gasteiger partial charge in [-0.25, -0.2) is 0 Å². The molecular formula is C18H30N4O2. The average Bonchev–Trinajstić information content (AvgIpc) is 2.62. The van der Waals surface area contributed by atoms with Crippen LogP contribution in [0.3, 0.4) is 0 Å². The topological polar surface area (TPSA) is 60.3 Å². The van der Waals surface area contributed by atoms with E-state index < -0.39 is 0 Å². The van der Waals surface area contributed by atoms with E-state index in [2.05, 4.69) is 20.1 Å². The maximum Gasteiger partial charge on any atom is 0.193 e. The van der Waals surface area contributed by atoms with Crippen molar-refractivity contribution in [2.24, 2.45) is 4.99 Å². The molecule has 1 aromatic rings. The van der Waals surface area contributed by atoms with Crippen LogP contribution in [0.2, 0.25) is 0 Å². The quantitative estimate of drug-likeness (QED) is 0.453. The molecule has 1 saturated heterocycles. The molecule has 0 spiro atoms. The number of rotatable bonds is 7. The van der Waals surface area contributed by atoms with Crippen LogP contribution in [-0.2, 0) is 4.74 Å². The zero-order valence-corrected chi connectivity index (χ0v) is 14.9. The van der Waals surface area contributed by atoms with Gasteiger partial charge in [-0.15, -0.1) is 0 Å². The highest BCUT2D eigenvalue weighted by Crippen LogP contribution is 2.27. The third-order valence-corrected chi connectivity index (χ3v) is 4.22. The van der Waals surface area contributed by atoms with Crippen molar-refractivity contribution in [2.75, 3.05) is 57.9 Å². The first-order chi connectivity index (χ1) is 11.8. The van der Waals surface area contributed by atoms with Gasteiger partial charge in [0.1, 0.15) is 5.75 Å². The predicted octanol–water partition coefficient (Wildman–Crippen LogP) is 1.91. The van der Waals surface area contributed by atoms with E-state index in [-0.39, 0.29) is 0 Å². The second-order valence-electron chi connectivity index (χ2n) is 5.84. The van der Waals surface area contributed by atoms with Crippen LogP contribution in [0.1, 0.15) is 19.8 Å². The molecule has 0 aliphatic carbocycles. The van der Waals surface area contributed by atoms with Crippen LogP contribution < -0.4 is 10.2 Å². The van der Waals surface area contributed by atoms with Crippen molar-refractivity contribution in [2.45, 2.75) is 19.8 Å². The first kappa shape index (κ1) is 18.4. The van der Waals surface area contributed by atoms with Crippen LogP contribution >= 0.6 is 0 Å². The summed E-state index contributed by atoms with van der Waals surface area (Å²) in [6.07, 6.45) is 2.15. The molecular weight excluding hydrogens is 304 g/mol. The van der Waals surface area contributed by atoms with Gasteiger partial charge in [0.15, 0.2) is 5.96 Å². The molecule has 0 amide bonds. The fourth-order valence-corrected chi connectivity index (χ4v) is 2.90. The molecule has 6 heteroatoms. The summed E-state index contributed by atoms with van der Waals surface area (Å²) < 4.78 is 5.35. The molecule has 134 valence electrons. The van der Waals surface area contributed by atoms with Crippen molar-refractivity contribution >= 4 is 11.6 Å². The predicted molar refractivity (Wildman–Crippen MR) is 99.0 cm³/mol. The summed E-state index contributed by atoms with van der Waals surface area (Å²) in [5, 5.41) is 13.4. The second-order valence-corrected chi connectivity index (χ2v) is 5.84. The maximum atomic E-state index is 9.99. The van der Waals surface area contributed by atoms with Crippen molar-refractivity contribution in [3.05, 3.63) is 24.3 Å². The lowest BCUT2D eigenvalue weighted by atomic mass is 10.2. The number of benzene rings is 1. The number of nitrogens with zero attached hydrogens (tertiary/aromatic N) is 3. The van der Waals surface area contributed by atoms with Gasteiger partial charge in [0.25, 0.3) is 0 Å².